The second-order valence-corrected chi connectivity index (χ2v) is 7.81. The van der Waals surface area contributed by atoms with E-state index in [1.165, 1.54) is 21.9 Å². The van der Waals surface area contributed by atoms with E-state index in [4.69, 9.17) is 9.47 Å². The van der Waals surface area contributed by atoms with E-state index in [0.717, 1.165) is 40.3 Å². The van der Waals surface area contributed by atoms with E-state index < -0.39 is 0 Å². The molecular formula is C26H21BrN2O2. The van der Waals surface area contributed by atoms with E-state index in [9.17, 15) is 0 Å². The lowest BCUT2D eigenvalue weighted by Crippen LogP contribution is -3.00. The summed E-state index contributed by atoms with van der Waals surface area (Å²) in [6, 6.07) is 25.6. The molecule has 6 rings (SSSR count). The van der Waals surface area contributed by atoms with Crippen LogP contribution in [0.4, 0.5) is 0 Å². The van der Waals surface area contributed by atoms with Gasteiger partial charge in [0.2, 0.25) is 12.5 Å². The molecule has 0 unspecified atom stereocenters. The minimum absolute atomic E-state index is 0. The summed E-state index contributed by atoms with van der Waals surface area (Å²) in [7, 11) is 0. The van der Waals surface area contributed by atoms with Gasteiger partial charge in [0.05, 0.1) is 5.56 Å². The van der Waals surface area contributed by atoms with E-state index in [1.54, 1.807) is 0 Å². The molecule has 2 aromatic heterocycles. The lowest BCUT2D eigenvalue weighted by Gasteiger charge is -2.07. The largest absolute Gasteiger partial charge is 1.00 e. The Kier molecular flexibility index (Phi) is 4.91. The average molecular weight is 473 g/mol. The number of nitrogens with one attached hydrogen (secondary N) is 1. The van der Waals surface area contributed by atoms with Gasteiger partial charge in [-0.05, 0) is 31.2 Å². The van der Waals surface area contributed by atoms with Crippen molar-refractivity contribution in [2.24, 2.45) is 0 Å². The van der Waals surface area contributed by atoms with Crippen LogP contribution >= 0.6 is 0 Å². The Labute approximate surface area is 190 Å². The maximum atomic E-state index is 5.66. The summed E-state index contributed by atoms with van der Waals surface area (Å²) in [6.07, 6.45) is 2.18. The average Bonchev–Trinajstić information content (AvgIpc) is 3.39. The van der Waals surface area contributed by atoms with Gasteiger partial charge in [-0.3, -0.25) is 0 Å². The third kappa shape index (κ3) is 3.35. The van der Waals surface area contributed by atoms with Crippen LogP contribution in [0.25, 0.3) is 33.1 Å². The van der Waals surface area contributed by atoms with Gasteiger partial charge < -0.3 is 31.4 Å². The molecule has 0 atom stereocenters. The Morgan fingerprint density at radius 3 is 2.55 bits per heavy atom. The minimum Gasteiger partial charge on any atom is -1.00 e. The molecule has 0 saturated heterocycles. The molecule has 0 aliphatic carbocycles. The number of para-hydroxylation sites is 1. The first-order chi connectivity index (χ1) is 14.8. The molecule has 5 heteroatoms. The highest BCUT2D eigenvalue weighted by atomic mass is 79.9. The van der Waals surface area contributed by atoms with Gasteiger partial charge in [-0.1, -0.05) is 48.0 Å². The number of nitrogens with zero attached hydrogens (tertiary/aromatic N) is 1. The molecule has 5 aromatic rings. The van der Waals surface area contributed by atoms with E-state index >= 15 is 0 Å². The topological polar surface area (TPSA) is 38.1 Å². The molecule has 0 amide bonds. The van der Waals surface area contributed by atoms with Crippen molar-refractivity contribution < 1.29 is 31.0 Å². The number of aromatic nitrogens is 2. The molecule has 0 saturated carbocycles. The fraction of sp³-hybridized carbons (Fsp3) is 0.115. The van der Waals surface area contributed by atoms with Crippen molar-refractivity contribution in [1.29, 1.82) is 0 Å². The summed E-state index contributed by atoms with van der Waals surface area (Å²) in [5.74, 6) is 1.59. The highest BCUT2D eigenvalue weighted by Gasteiger charge is 2.23. The fourth-order valence-corrected chi connectivity index (χ4v) is 4.28. The number of rotatable bonds is 3. The first-order valence-electron chi connectivity index (χ1n) is 10.1. The lowest BCUT2D eigenvalue weighted by atomic mass is 10.1. The van der Waals surface area contributed by atoms with Crippen molar-refractivity contribution in [3.05, 3.63) is 90.1 Å². The van der Waals surface area contributed by atoms with Crippen LogP contribution in [-0.2, 0) is 6.54 Å². The number of ether oxygens (including phenoxy) is 2. The summed E-state index contributed by atoms with van der Waals surface area (Å²) in [4.78, 5) is 3.66. The normalized spacial score (nSPS) is 12.3. The number of hydrogen-bond donors (Lipinski definition) is 1. The van der Waals surface area contributed by atoms with Crippen LogP contribution in [0, 0.1) is 6.92 Å². The maximum Gasteiger partial charge on any atom is 0.237 e. The predicted octanol–water partition coefficient (Wildman–Crippen LogP) is 2.37. The molecule has 1 aliphatic heterocycles. The number of hydrogen-bond acceptors (Lipinski definition) is 2. The predicted molar refractivity (Wildman–Crippen MR) is 118 cm³/mol. The molecule has 154 valence electrons. The highest BCUT2D eigenvalue weighted by molar-refractivity contribution is 6.10. The molecule has 1 aliphatic rings. The van der Waals surface area contributed by atoms with Crippen molar-refractivity contribution in [1.82, 2.24) is 4.98 Å². The molecule has 4 nitrogen and oxygen atoms in total. The Hall–Kier alpha value is -3.31. The van der Waals surface area contributed by atoms with E-state index in [2.05, 4.69) is 89.4 Å². The van der Waals surface area contributed by atoms with Gasteiger partial charge >= 0.3 is 0 Å². The molecular weight excluding hydrogens is 452 g/mol. The van der Waals surface area contributed by atoms with Crippen molar-refractivity contribution in [2.45, 2.75) is 13.5 Å². The number of H-pyrrole nitrogens is 1. The van der Waals surface area contributed by atoms with E-state index in [0.29, 0.717) is 0 Å². The zero-order valence-electron chi connectivity index (χ0n) is 17.1. The van der Waals surface area contributed by atoms with Crippen LogP contribution in [0.15, 0.2) is 79.0 Å². The molecule has 0 spiro atoms. The number of halogens is 1. The number of pyridine rings is 1. The van der Waals surface area contributed by atoms with Gasteiger partial charge in [0.25, 0.3) is 0 Å². The van der Waals surface area contributed by atoms with Crippen LogP contribution < -0.4 is 31.0 Å². The Bertz CT molecular complexity index is 1410. The number of benzene rings is 3. The van der Waals surface area contributed by atoms with Gasteiger partial charge in [-0.25, -0.2) is 0 Å². The van der Waals surface area contributed by atoms with Gasteiger partial charge in [0.1, 0.15) is 5.52 Å². The first kappa shape index (κ1) is 19.6. The van der Waals surface area contributed by atoms with Crippen molar-refractivity contribution in [3.63, 3.8) is 0 Å². The van der Waals surface area contributed by atoms with Crippen LogP contribution in [-0.4, -0.2) is 11.8 Å². The summed E-state index contributed by atoms with van der Waals surface area (Å²) in [5, 5.41) is 2.45. The van der Waals surface area contributed by atoms with Crippen LogP contribution in [0.1, 0.15) is 11.1 Å². The van der Waals surface area contributed by atoms with Crippen LogP contribution in [0.2, 0.25) is 0 Å². The number of aryl methyl sites for hydroxylation is 1. The first-order valence-corrected chi connectivity index (χ1v) is 10.1. The maximum absolute atomic E-state index is 5.66. The lowest BCUT2D eigenvalue weighted by molar-refractivity contribution is -0.676. The SMILES string of the molecule is Cc1ccc(C[n+]2ccc3c([nH]c4ccccc43)c2-c2ccc3c(c2)OCO3)cc1.[Br-]. The van der Waals surface area contributed by atoms with Crippen LogP contribution in [0.5, 0.6) is 11.5 Å². The minimum atomic E-state index is 0. The summed E-state index contributed by atoms with van der Waals surface area (Å²) in [5.41, 5.74) is 7.05. The van der Waals surface area contributed by atoms with Crippen molar-refractivity contribution in [2.75, 3.05) is 6.79 Å². The number of aromatic amines is 1. The van der Waals surface area contributed by atoms with Crippen LogP contribution in [0.3, 0.4) is 0 Å². The Morgan fingerprint density at radius 1 is 0.871 bits per heavy atom. The standard InChI is InChI=1S/C26H20N2O2.BrH/c1-17-6-8-18(9-7-17)15-28-13-12-21-20-4-2-3-5-22(20)27-25(21)26(28)19-10-11-23-24(14-19)30-16-29-23;/h2-14H,15-16H2,1H3;1H. The Balaban J connectivity index is 0.00000204. The second-order valence-electron chi connectivity index (χ2n) is 7.81. The zero-order chi connectivity index (χ0) is 20.1. The van der Waals surface area contributed by atoms with Crippen molar-refractivity contribution >= 4 is 21.8 Å². The quantitative estimate of drug-likeness (QED) is 0.409. The van der Waals surface area contributed by atoms with E-state index in [1.807, 2.05) is 6.07 Å². The van der Waals surface area contributed by atoms with Gasteiger partial charge in [-0.2, -0.15) is 4.57 Å². The van der Waals surface area contributed by atoms with Gasteiger partial charge in [0, 0.05) is 27.9 Å². The zero-order valence-corrected chi connectivity index (χ0v) is 18.6. The van der Waals surface area contributed by atoms with E-state index in [-0.39, 0.29) is 23.8 Å². The molecule has 31 heavy (non-hydrogen) atoms. The molecule has 1 N–H and O–H groups in total. The summed E-state index contributed by atoms with van der Waals surface area (Å²) < 4.78 is 13.5. The third-order valence-corrected chi connectivity index (χ3v) is 5.81. The molecule has 0 radical (unpaired) electrons. The van der Waals surface area contributed by atoms with Crippen molar-refractivity contribution in [3.8, 4) is 22.8 Å². The monoisotopic (exact) mass is 472 g/mol. The molecule has 0 fully saturated rings. The molecule has 0 bridgehead atoms. The summed E-state index contributed by atoms with van der Waals surface area (Å²) in [6.45, 7) is 3.18. The summed E-state index contributed by atoms with van der Waals surface area (Å²) >= 11 is 0. The molecule has 3 aromatic carbocycles. The second kappa shape index (κ2) is 7.75. The fourth-order valence-electron chi connectivity index (χ4n) is 4.28. The third-order valence-electron chi connectivity index (χ3n) is 5.81. The van der Waals surface area contributed by atoms with Gasteiger partial charge in [0.15, 0.2) is 24.2 Å². The van der Waals surface area contributed by atoms with Gasteiger partial charge in [-0.15, -0.1) is 0 Å². The molecule has 3 heterocycles. The Morgan fingerprint density at radius 2 is 1.68 bits per heavy atom. The smallest absolute Gasteiger partial charge is 0.237 e. The highest BCUT2D eigenvalue weighted by Crippen LogP contribution is 2.37. The number of fused-ring (bicyclic) bond motifs is 4.